The number of piperidine rings is 1. The van der Waals surface area contributed by atoms with Gasteiger partial charge in [0.15, 0.2) is 0 Å². The zero-order chi connectivity index (χ0) is 25.8. The molecular formula is C29H47N3O3. The Balaban J connectivity index is 1.63. The number of hydrogen-bond donors (Lipinski definition) is 0. The van der Waals surface area contributed by atoms with Crippen LogP contribution in [0.2, 0.25) is 0 Å². The third-order valence-electron chi connectivity index (χ3n) is 8.01. The highest BCUT2D eigenvalue weighted by atomic mass is 16.6. The van der Waals surface area contributed by atoms with Crippen LogP contribution in [0, 0.1) is 0 Å². The van der Waals surface area contributed by atoms with Crippen molar-refractivity contribution in [3.05, 3.63) is 29.8 Å². The third-order valence-corrected chi connectivity index (χ3v) is 8.01. The summed E-state index contributed by atoms with van der Waals surface area (Å²) in [4.78, 5) is 31.8. The van der Waals surface area contributed by atoms with Gasteiger partial charge < -0.3 is 19.4 Å². The van der Waals surface area contributed by atoms with Crippen LogP contribution in [0.3, 0.4) is 0 Å². The van der Waals surface area contributed by atoms with Crippen LogP contribution in [-0.2, 0) is 14.9 Å². The molecule has 0 radical (unpaired) electrons. The van der Waals surface area contributed by atoms with E-state index in [1.165, 1.54) is 5.56 Å². The van der Waals surface area contributed by atoms with Gasteiger partial charge in [0.05, 0.1) is 6.61 Å². The van der Waals surface area contributed by atoms with Crippen LogP contribution in [0.25, 0.3) is 0 Å². The average molecular weight is 486 g/mol. The Morgan fingerprint density at radius 1 is 1.06 bits per heavy atom. The van der Waals surface area contributed by atoms with Crippen LogP contribution in [0.5, 0.6) is 0 Å². The van der Waals surface area contributed by atoms with E-state index < -0.39 is 0 Å². The van der Waals surface area contributed by atoms with E-state index in [9.17, 15) is 9.59 Å². The van der Waals surface area contributed by atoms with E-state index in [2.05, 4.69) is 63.8 Å². The molecule has 2 aliphatic rings. The minimum Gasteiger partial charge on any atom is -0.450 e. The number of anilines is 1. The van der Waals surface area contributed by atoms with E-state index in [1.54, 1.807) is 6.92 Å². The smallest absolute Gasteiger partial charge is 0.410 e. The number of ether oxygens (including phenoxy) is 1. The zero-order valence-corrected chi connectivity index (χ0v) is 23.0. The fourth-order valence-corrected chi connectivity index (χ4v) is 6.00. The van der Waals surface area contributed by atoms with E-state index >= 15 is 0 Å². The molecule has 2 amide bonds. The normalized spacial score (nSPS) is 22.8. The van der Waals surface area contributed by atoms with Gasteiger partial charge in [-0.25, -0.2) is 4.79 Å². The summed E-state index contributed by atoms with van der Waals surface area (Å²) in [6.45, 7) is 17.0. The lowest BCUT2D eigenvalue weighted by molar-refractivity contribution is -0.117. The van der Waals surface area contributed by atoms with Crippen LogP contribution in [0.15, 0.2) is 24.3 Å². The Morgan fingerprint density at radius 2 is 1.69 bits per heavy atom. The van der Waals surface area contributed by atoms with Crippen LogP contribution in [0.4, 0.5) is 10.5 Å². The number of hydrogen-bond acceptors (Lipinski definition) is 4. The van der Waals surface area contributed by atoms with Gasteiger partial charge in [0.2, 0.25) is 5.91 Å². The Morgan fingerprint density at radius 3 is 2.20 bits per heavy atom. The van der Waals surface area contributed by atoms with Crippen LogP contribution < -0.4 is 4.90 Å². The van der Waals surface area contributed by atoms with Gasteiger partial charge >= 0.3 is 6.09 Å². The molecule has 6 heteroatoms. The maximum atomic E-state index is 12.7. The monoisotopic (exact) mass is 485 g/mol. The minimum atomic E-state index is -0.161. The van der Waals surface area contributed by atoms with E-state index in [1.807, 2.05) is 16.7 Å². The second-order valence-corrected chi connectivity index (χ2v) is 11.4. The molecule has 3 unspecified atom stereocenters. The highest BCUT2D eigenvalue weighted by Gasteiger charge is 2.38. The van der Waals surface area contributed by atoms with Gasteiger partial charge in [-0.05, 0) is 75.5 Å². The van der Waals surface area contributed by atoms with Crippen molar-refractivity contribution in [3.63, 3.8) is 0 Å². The largest absolute Gasteiger partial charge is 0.450 e. The van der Waals surface area contributed by atoms with Crippen molar-refractivity contribution in [1.82, 2.24) is 9.80 Å². The SMILES string of the molecule is CCOC(=O)N1C(C)CCC1CC(CC)N1CCC(N(C(C)=O)c2ccc(C(C)(C)C)cc2)CC1. The second kappa shape index (κ2) is 11.8. The third kappa shape index (κ3) is 6.58. The minimum absolute atomic E-state index is 0.0973. The molecular weight excluding hydrogens is 438 g/mol. The summed E-state index contributed by atoms with van der Waals surface area (Å²) in [6.07, 6.45) is 5.94. The lowest BCUT2D eigenvalue weighted by Crippen LogP contribution is -2.51. The number of amides is 2. The molecule has 196 valence electrons. The molecule has 0 spiro atoms. The van der Waals surface area contributed by atoms with Gasteiger partial charge in [0.25, 0.3) is 0 Å². The molecule has 6 nitrogen and oxygen atoms in total. The van der Waals surface area contributed by atoms with Gasteiger partial charge in [-0.1, -0.05) is 39.8 Å². The number of nitrogens with zero attached hydrogens (tertiary/aromatic N) is 3. The molecule has 2 aliphatic heterocycles. The summed E-state index contributed by atoms with van der Waals surface area (Å²) in [5.74, 6) is 0.115. The van der Waals surface area contributed by atoms with E-state index in [-0.39, 0.29) is 35.5 Å². The molecule has 0 bridgehead atoms. The summed E-state index contributed by atoms with van der Waals surface area (Å²) in [5, 5.41) is 0. The standard InChI is InChI=1S/C29H47N3O3/c1-8-24(20-27-13-10-21(3)31(27)28(34)35-9-2)30-18-16-26(17-19-30)32(22(4)33)25-14-11-23(12-15-25)29(5,6)7/h11-12,14-15,21,24,26-27H,8-10,13,16-20H2,1-7H3. The van der Waals surface area contributed by atoms with Gasteiger partial charge in [-0.2, -0.15) is 0 Å². The predicted molar refractivity (Wildman–Crippen MR) is 143 cm³/mol. The first-order valence-electron chi connectivity index (χ1n) is 13.7. The fraction of sp³-hybridized carbons (Fsp3) is 0.724. The highest BCUT2D eigenvalue weighted by molar-refractivity contribution is 5.92. The summed E-state index contributed by atoms with van der Waals surface area (Å²) in [6, 6.07) is 9.70. The number of likely N-dealkylation sites (tertiary alicyclic amines) is 2. The molecule has 0 aromatic heterocycles. The summed E-state index contributed by atoms with van der Waals surface area (Å²) >= 11 is 0. The Labute approximate surface area is 213 Å². The van der Waals surface area contributed by atoms with Gasteiger partial charge in [0.1, 0.15) is 0 Å². The van der Waals surface area contributed by atoms with Crippen molar-refractivity contribution in [3.8, 4) is 0 Å². The van der Waals surface area contributed by atoms with Crippen molar-refractivity contribution in [1.29, 1.82) is 0 Å². The molecule has 1 aromatic carbocycles. The molecule has 0 aliphatic carbocycles. The Bertz CT molecular complexity index is 840. The number of carbonyl (C=O) groups is 2. The number of rotatable bonds is 7. The first kappa shape index (κ1) is 27.5. The van der Waals surface area contributed by atoms with Crippen molar-refractivity contribution in [2.24, 2.45) is 0 Å². The quantitative estimate of drug-likeness (QED) is 0.477. The van der Waals surface area contributed by atoms with Crippen LogP contribution in [0.1, 0.15) is 92.6 Å². The van der Waals surface area contributed by atoms with Crippen molar-refractivity contribution in [2.45, 2.75) is 117 Å². The van der Waals surface area contributed by atoms with Gasteiger partial charge in [0, 0.05) is 49.9 Å². The molecule has 2 saturated heterocycles. The topological polar surface area (TPSA) is 53.1 Å². The van der Waals surface area contributed by atoms with E-state index in [0.29, 0.717) is 12.6 Å². The molecule has 0 N–H and O–H groups in total. The number of benzene rings is 1. The molecule has 1 aromatic rings. The molecule has 35 heavy (non-hydrogen) atoms. The first-order chi connectivity index (χ1) is 16.6. The maximum absolute atomic E-state index is 12.7. The second-order valence-electron chi connectivity index (χ2n) is 11.4. The van der Waals surface area contributed by atoms with Crippen LogP contribution in [-0.4, -0.2) is 65.7 Å². The highest BCUT2D eigenvalue weighted by Crippen LogP contribution is 2.32. The van der Waals surface area contributed by atoms with Crippen LogP contribution >= 0.6 is 0 Å². The first-order valence-corrected chi connectivity index (χ1v) is 13.7. The van der Waals surface area contributed by atoms with Gasteiger partial charge in [-0.3, -0.25) is 4.79 Å². The lowest BCUT2D eigenvalue weighted by atomic mass is 9.87. The molecule has 2 heterocycles. The van der Waals surface area contributed by atoms with E-state index in [4.69, 9.17) is 4.74 Å². The number of carbonyl (C=O) groups excluding carboxylic acids is 2. The van der Waals surface area contributed by atoms with Crippen molar-refractivity contribution in [2.75, 3.05) is 24.6 Å². The average Bonchev–Trinajstić information content (AvgIpc) is 3.18. The van der Waals surface area contributed by atoms with E-state index in [0.717, 1.165) is 57.3 Å². The summed E-state index contributed by atoms with van der Waals surface area (Å²) < 4.78 is 5.35. The summed E-state index contributed by atoms with van der Waals surface area (Å²) in [7, 11) is 0. The summed E-state index contributed by atoms with van der Waals surface area (Å²) in [5.41, 5.74) is 2.38. The molecule has 0 saturated carbocycles. The van der Waals surface area contributed by atoms with Gasteiger partial charge in [-0.15, -0.1) is 0 Å². The molecule has 3 atom stereocenters. The predicted octanol–water partition coefficient (Wildman–Crippen LogP) is 5.98. The molecule has 2 fully saturated rings. The Kier molecular flexibility index (Phi) is 9.25. The van der Waals surface area contributed by atoms with Crippen molar-refractivity contribution >= 4 is 17.7 Å². The maximum Gasteiger partial charge on any atom is 0.410 e. The van der Waals surface area contributed by atoms with Crippen molar-refractivity contribution < 1.29 is 14.3 Å². The lowest BCUT2D eigenvalue weighted by Gasteiger charge is -2.42. The zero-order valence-electron chi connectivity index (χ0n) is 23.0. The Hall–Kier alpha value is -2.08. The fourth-order valence-electron chi connectivity index (χ4n) is 6.00. The molecule has 3 rings (SSSR count).